The molecule has 152 valence electrons. The lowest BCUT2D eigenvalue weighted by atomic mass is 10.0. The molecule has 0 N–H and O–H groups in total. The van der Waals surface area contributed by atoms with E-state index in [1.54, 1.807) is 23.5 Å². The van der Waals surface area contributed by atoms with Crippen LogP contribution in [0, 0.1) is 0 Å². The van der Waals surface area contributed by atoms with Crippen LogP contribution in [0.15, 0.2) is 53.4 Å². The average molecular weight is 449 g/mol. The quantitative estimate of drug-likeness (QED) is 0.558. The zero-order chi connectivity index (χ0) is 20.4. The second-order valence-electron chi connectivity index (χ2n) is 7.14. The number of carbonyl (C=O) groups is 1. The number of carbonyl (C=O) groups excluding carboxylic acids is 1. The standard InChI is InChI=1S/C21H21ClN2O3S2/c22-15-8-10-16(11-9-15)29(26,27)14-12-20(25)24-13-4-3-6-18(24)21-23-17-5-1-2-7-19(17)28-21/h1-2,5,7-11,18H,3-4,6,12-14H2. The molecule has 0 saturated carbocycles. The summed E-state index contributed by atoms with van der Waals surface area (Å²) >= 11 is 7.44. The number of benzene rings is 2. The van der Waals surface area contributed by atoms with Crippen LogP contribution >= 0.6 is 22.9 Å². The third kappa shape index (κ3) is 4.47. The molecule has 1 aromatic heterocycles. The number of hydrogen-bond acceptors (Lipinski definition) is 5. The molecule has 29 heavy (non-hydrogen) atoms. The van der Waals surface area contributed by atoms with E-state index >= 15 is 0 Å². The lowest BCUT2D eigenvalue weighted by Gasteiger charge is -2.34. The molecule has 2 aromatic carbocycles. The Balaban J connectivity index is 1.49. The van der Waals surface area contributed by atoms with Gasteiger partial charge in [0.05, 0.1) is 26.9 Å². The molecule has 0 spiro atoms. The van der Waals surface area contributed by atoms with Crippen LogP contribution in [0.5, 0.6) is 0 Å². The number of aromatic nitrogens is 1. The van der Waals surface area contributed by atoms with Crippen LogP contribution in [-0.4, -0.2) is 36.5 Å². The van der Waals surface area contributed by atoms with Crippen LogP contribution in [-0.2, 0) is 14.6 Å². The van der Waals surface area contributed by atoms with Gasteiger partial charge >= 0.3 is 0 Å². The van der Waals surface area contributed by atoms with E-state index in [0.29, 0.717) is 11.6 Å². The normalized spacial score (nSPS) is 17.6. The number of amides is 1. The van der Waals surface area contributed by atoms with Gasteiger partial charge in [-0.15, -0.1) is 11.3 Å². The van der Waals surface area contributed by atoms with Crippen molar-refractivity contribution in [1.29, 1.82) is 0 Å². The van der Waals surface area contributed by atoms with Gasteiger partial charge in [-0.05, 0) is 55.7 Å². The number of fused-ring (bicyclic) bond motifs is 1. The monoisotopic (exact) mass is 448 g/mol. The number of rotatable bonds is 5. The molecule has 1 saturated heterocycles. The summed E-state index contributed by atoms with van der Waals surface area (Å²) in [6.07, 6.45) is 2.78. The van der Waals surface area contributed by atoms with Gasteiger partial charge in [-0.3, -0.25) is 4.79 Å². The van der Waals surface area contributed by atoms with Gasteiger partial charge in [0.2, 0.25) is 5.91 Å². The highest BCUT2D eigenvalue weighted by Crippen LogP contribution is 2.36. The first-order valence-electron chi connectivity index (χ1n) is 9.57. The number of piperidine rings is 1. The van der Waals surface area contributed by atoms with Crippen LogP contribution in [0.3, 0.4) is 0 Å². The van der Waals surface area contributed by atoms with E-state index in [0.717, 1.165) is 34.5 Å². The van der Waals surface area contributed by atoms with E-state index in [9.17, 15) is 13.2 Å². The number of para-hydroxylation sites is 1. The molecule has 4 rings (SSSR count). The van der Waals surface area contributed by atoms with Crippen molar-refractivity contribution >= 4 is 48.9 Å². The highest BCUT2D eigenvalue weighted by atomic mass is 35.5. The van der Waals surface area contributed by atoms with Gasteiger partial charge in [0, 0.05) is 18.0 Å². The van der Waals surface area contributed by atoms with Crippen LogP contribution in [0.4, 0.5) is 0 Å². The van der Waals surface area contributed by atoms with Crippen molar-refractivity contribution in [3.63, 3.8) is 0 Å². The Morgan fingerprint density at radius 3 is 2.66 bits per heavy atom. The molecular formula is C21H21ClN2O3S2. The summed E-state index contributed by atoms with van der Waals surface area (Å²) in [7, 11) is -3.53. The maximum atomic E-state index is 12.9. The smallest absolute Gasteiger partial charge is 0.224 e. The summed E-state index contributed by atoms with van der Waals surface area (Å²) in [6, 6.07) is 13.9. The maximum Gasteiger partial charge on any atom is 0.224 e. The van der Waals surface area contributed by atoms with E-state index < -0.39 is 9.84 Å². The van der Waals surface area contributed by atoms with Gasteiger partial charge in [0.1, 0.15) is 5.01 Å². The third-order valence-electron chi connectivity index (χ3n) is 5.18. The minimum atomic E-state index is -3.53. The highest BCUT2D eigenvalue weighted by molar-refractivity contribution is 7.91. The first-order chi connectivity index (χ1) is 13.9. The summed E-state index contributed by atoms with van der Waals surface area (Å²) in [6.45, 7) is 0.639. The predicted octanol–water partition coefficient (Wildman–Crippen LogP) is 4.87. The second-order valence-corrected chi connectivity index (χ2v) is 10.7. The summed E-state index contributed by atoms with van der Waals surface area (Å²) in [5.41, 5.74) is 0.941. The molecule has 0 radical (unpaired) electrons. The molecule has 0 aliphatic carbocycles. The molecular weight excluding hydrogens is 428 g/mol. The molecule has 5 nitrogen and oxygen atoms in total. The fourth-order valence-corrected chi connectivity index (χ4v) is 6.12. The van der Waals surface area contributed by atoms with E-state index in [1.165, 1.54) is 12.1 Å². The Morgan fingerprint density at radius 1 is 1.14 bits per heavy atom. The van der Waals surface area contributed by atoms with Crippen molar-refractivity contribution in [1.82, 2.24) is 9.88 Å². The fourth-order valence-electron chi connectivity index (χ4n) is 3.64. The van der Waals surface area contributed by atoms with Crippen molar-refractivity contribution in [3.8, 4) is 0 Å². The van der Waals surface area contributed by atoms with Crippen molar-refractivity contribution in [2.75, 3.05) is 12.3 Å². The molecule has 1 atom stereocenters. The van der Waals surface area contributed by atoms with Gasteiger partial charge in [-0.25, -0.2) is 13.4 Å². The highest BCUT2D eigenvalue weighted by Gasteiger charge is 2.31. The second kappa shape index (κ2) is 8.42. The number of likely N-dealkylation sites (tertiary alicyclic amines) is 1. The SMILES string of the molecule is O=C(CCS(=O)(=O)c1ccc(Cl)cc1)N1CCCCC1c1nc2ccccc2s1. The predicted molar refractivity (Wildman–Crippen MR) is 116 cm³/mol. The molecule has 1 aliphatic heterocycles. The molecule has 1 aliphatic rings. The third-order valence-corrected chi connectivity index (χ3v) is 8.30. The van der Waals surface area contributed by atoms with Crippen molar-refractivity contribution in [2.45, 2.75) is 36.6 Å². The Morgan fingerprint density at radius 2 is 1.90 bits per heavy atom. The van der Waals surface area contributed by atoms with E-state index in [1.807, 2.05) is 29.2 Å². The maximum absolute atomic E-state index is 12.9. The Kier molecular flexibility index (Phi) is 5.90. The summed E-state index contributed by atoms with van der Waals surface area (Å²) < 4.78 is 26.3. The fraction of sp³-hybridized carbons (Fsp3) is 0.333. The molecule has 1 fully saturated rings. The lowest BCUT2D eigenvalue weighted by molar-refractivity contribution is -0.134. The zero-order valence-corrected chi connectivity index (χ0v) is 18.1. The number of sulfone groups is 1. The van der Waals surface area contributed by atoms with Gasteiger partial charge in [0.25, 0.3) is 0 Å². The van der Waals surface area contributed by atoms with Crippen molar-refractivity contribution in [2.24, 2.45) is 0 Å². The first kappa shape index (κ1) is 20.3. The molecule has 8 heteroatoms. The Hall–Kier alpha value is -1.96. The first-order valence-corrected chi connectivity index (χ1v) is 12.4. The minimum Gasteiger partial charge on any atom is -0.333 e. The van der Waals surface area contributed by atoms with Crippen molar-refractivity contribution in [3.05, 3.63) is 58.6 Å². The number of nitrogens with zero attached hydrogens (tertiary/aromatic N) is 2. The van der Waals surface area contributed by atoms with Crippen LogP contribution < -0.4 is 0 Å². The summed E-state index contributed by atoms with van der Waals surface area (Å²) in [4.78, 5) is 19.7. The lowest BCUT2D eigenvalue weighted by Crippen LogP contribution is -2.39. The summed E-state index contributed by atoms with van der Waals surface area (Å²) in [5, 5.41) is 1.41. The number of hydrogen-bond donors (Lipinski definition) is 0. The molecule has 1 unspecified atom stereocenters. The van der Waals surface area contributed by atoms with Gasteiger partial charge in [-0.2, -0.15) is 0 Å². The van der Waals surface area contributed by atoms with Gasteiger partial charge < -0.3 is 4.90 Å². The van der Waals surface area contributed by atoms with Gasteiger partial charge in [0.15, 0.2) is 9.84 Å². The minimum absolute atomic E-state index is 0.0354. The van der Waals surface area contributed by atoms with Crippen LogP contribution in [0.1, 0.15) is 36.7 Å². The molecule has 0 bridgehead atoms. The number of thiazole rings is 1. The Bertz CT molecular complexity index is 1090. The van der Waals surface area contributed by atoms with E-state index in [4.69, 9.17) is 16.6 Å². The van der Waals surface area contributed by atoms with Gasteiger partial charge in [-0.1, -0.05) is 23.7 Å². The molecule has 3 aromatic rings. The topological polar surface area (TPSA) is 67.3 Å². The van der Waals surface area contributed by atoms with E-state index in [-0.39, 0.29) is 29.0 Å². The van der Waals surface area contributed by atoms with E-state index in [2.05, 4.69) is 0 Å². The Labute approximate surface area is 179 Å². The van der Waals surface area contributed by atoms with Crippen LogP contribution in [0.25, 0.3) is 10.2 Å². The molecule has 2 heterocycles. The van der Waals surface area contributed by atoms with Crippen molar-refractivity contribution < 1.29 is 13.2 Å². The average Bonchev–Trinajstić information content (AvgIpc) is 3.16. The summed E-state index contributed by atoms with van der Waals surface area (Å²) in [5.74, 6) is -0.345. The largest absolute Gasteiger partial charge is 0.333 e. The molecule has 1 amide bonds. The zero-order valence-electron chi connectivity index (χ0n) is 15.8. The van der Waals surface area contributed by atoms with Crippen LogP contribution in [0.2, 0.25) is 5.02 Å². The number of halogens is 1.